The molecule has 2 unspecified atom stereocenters. The summed E-state index contributed by atoms with van der Waals surface area (Å²) in [5.74, 6) is -2.87. The van der Waals surface area contributed by atoms with E-state index in [-0.39, 0.29) is 43.4 Å². The number of hydrogen-bond acceptors (Lipinski definition) is 15. The second-order valence-corrected chi connectivity index (χ2v) is 17.5. The van der Waals surface area contributed by atoms with Gasteiger partial charge in [-0.2, -0.15) is 5.10 Å². The van der Waals surface area contributed by atoms with E-state index in [0.717, 1.165) is 0 Å². The molecule has 18 heteroatoms. The third kappa shape index (κ3) is 10.3. The zero-order valence-corrected chi connectivity index (χ0v) is 37.1. The number of cyclic esters (lactones) is 1. The summed E-state index contributed by atoms with van der Waals surface area (Å²) in [6.45, 7) is 15.2. The van der Waals surface area contributed by atoms with E-state index >= 15 is 0 Å². The predicted molar refractivity (Wildman–Crippen MR) is 218 cm³/mol. The normalized spacial score (nSPS) is 34.8. The van der Waals surface area contributed by atoms with E-state index in [1.165, 1.54) is 21.0 Å². The summed E-state index contributed by atoms with van der Waals surface area (Å²) >= 11 is 0. The molecule has 12 atom stereocenters. The van der Waals surface area contributed by atoms with Gasteiger partial charge in [-0.3, -0.25) is 24.0 Å². The number of esters is 1. The van der Waals surface area contributed by atoms with Crippen LogP contribution in [-0.2, 0) is 44.6 Å². The van der Waals surface area contributed by atoms with Crippen LogP contribution in [0.25, 0.3) is 11.4 Å². The summed E-state index contributed by atoms with van der Waals surface area (Å²) in [7, 11) is 5.29. The van der Waals surface area contributed by atoms with Crippen molar-refractivity contribution in [3.05, 3.63) is 24.5 Å². The molecular weight excluding hydrogens is 777 g/mol. The van der Waals surface area contributed by atoms with Crippen LogP contribution in [0.4, 0.5) is 4.79 Å². The van der Waals surface area contributed by atoms with Gasteiger partial charge in [0.15, 0.2) is 11.9 Å². The topological polar surface area (TPSA) is 201 Å². The Morgan fingerprint density at radius 2 is 1.78 bits per heavy atom. The van der Waals surface area contributed by atoms with E-state index < -0.39 is 71.7 Å². The first kappa shape index (κ1) is 47.0. The number of aliphatic hydroxyl groups excluding tert-OH is 1. The van der Waals surface area contributed by atoms with Gasteiger partial charge >= 0.3 is 12.1 Å². The average Bonchev–Trinajstić information content (AvgIpc) is 3.78. The van der Waals surface area contributed by atoms with Crippen LogP contribution in [0.2, 0.25) is 0 Å². The lowest BCUT2D eigenvalue weighted by atomic mass is 9.82. The number of unbranched alkanes of at least 4 members (excludes halogenated alkanes) is 1. The molecule has 18 nitrogen and oxygen atoms in total. The molecule has 0 aromatic carbocycles. The molecule has 2 aromatic heterocycles. The van der Waals surface area contributed by atoms with Crippen molar-refractivity contribution in [1.82, 2.24) is 39.9 Å². The Morgan fingerprint density at radius 3 is 2.42 bits per heavy atom. The van der Waals surface area contributed by atoms with Crippen molar-refractivity contribution < 1.29 is 48.0 Å². The highest BCUT2D eigenvalue weighted by atomic mass is 16.7. The molecule has 1 N–H and O–H groups in total. The quantitative estimate of drug-likeness (QED) is 0.196. The first-order valence-electron chi connectivity index (χ1n) is 21.2. The fourth-order valence-electron chi connectivity index (χ4n) is 9.23. The zero-order valence-electron chi connectivity index (χ0n) is 37.1. The van der Waals surface area contributed by atoms with E-state index in [1.54, 1.807) is 45.9 Å². The van der Waals surface area contributed by atoms with E-state index in [1.807, 2.05) is 53.6 Å². The maximum atomic E-state index is 14.1. The molecular formula is C42H66N8O10. The first-order valence-corrected chi connectivity index (χ1v) is 21.2. The molecule has 0 bridgehead atoms. The number of methoxy groups -OCH3 is 1. The van der Waals surface area contributed by atoms with Crippen molar-refractivity contribution in [2.24, 2.45) is 11.8 Å². The Balaban J connectivity index is 1.43. The van der Waals surface area contributed by atoms with E-state index in [0.29, 0.717) is 50.2 Å². The van der Waals surface area contributed by atoms with Gasteiger partial charge in [0.1, 0.15) is 35.3 Å². The summed E-state index contributed by atoms with van der Waals surface area (Å²) in [5.41, 5.74) is -1.32. The number of carbonyl (C=O) groups is 4. The minimum Gasteiger partial charge on any atom is -0.458 e. The number of ketones is 1. The lowest BCUT2D eigenvalue weighted by Gasteiger charge is -2.46. The van der Waals surface area contributed by atoms with Crippen LogP contribution in [0.15, 0.2) is 24.5 Å². The number of carbonyl (C=O) groups excluding carboxylic acids is 4. The number of likely N-dealkylation sites (N-methyl/N-ethyl adjacent to an activating group) is 1. The van der Waals surface area contributed by atoms with Gasteiger partial charge in [-0.25, -0.2) is 4.79 Å². The van der Waals surface area contributed by atoms with Gasteiger partial charge in [-0.15, -0.1) is 10.2 Å². The highest BCUT2D eigenvalue weighted by Crippen LogP contribution is 2.41. The zero-order chi connectivity index (χ0) is 44.1. The lowest BCUT2D eigenvalue weighted by Crippen LogP contribution is -2.62. The highest BCUT2D eigenvalue weighted by molar-refractivity contribution is 5.99. The molecule has 2 aromatic rings. The summed E-state index contributed by atoms with van der Waals surface area (Å²) in [6.07, 6.45) is 0.659. The lowest BCUT2D eigenvalue weighted by molar-refractivity contribution is -0.289. The van der Waals surface area contributed by atoms with Crippen molar-refractivity contribution in [3.63, 3.8) is 0 Å². The van der Waals surface area contributed by atoms with Gasteiger partial charge in [0.05, 0.1) is 36.1 Å². The molecule has 0 saturated carbocycles. The van der Waals surface area contributed by atoms with Crippen LogP contribution in [0.1, 0.15) is 93.9 Å². The van der Waals surface area contributed by atoms with Crippen LogP contribution < -0.4 is 0 Å². The largest absolute Gasteiger partial charge is 0.458 e. The molecule has 2 amide bonds. The molecule has 3 aliphatic rings. The molecule has 334 valence electrons. The van der Waals surface area contributed by atoms with Gasteiger partial charge in [0, 0.05) is 52.3 Å². The Kier molecular flexibility index (Phi) is 15.4. The van der Waals surface area contributed by atoms with Gasteiger partial charge < -0.3 is 38.6 Å². The molecule has 3 aliphatic heterocycles. The monoisotopic (exact) mass is 842 g/mol. The molecule has 5 heterocycles. The predicted octanol–water partition coefficient (Wildman–Crippen LogP) is 3.51. The highest BCUT2D eigenvalue weighted by Gasteiger charge is 2.59. The number of aliphatic hydroxyl groups is 1. The Morgan fingerprint density at radius 1 is 1.07 bits per heavy atom. The van der Waals surface area contributed by atoms with E-state index in [9.17, 15) is 24.3 Å². The van der Waals surface area contributed by atoms with Crippen molar-refractivity contribution in [2.75, 3.05) is 34.3 Å². The second kappa shape index (κ2) is 19.7. The van der Waals surface area contributed by atoms with Crippen molar-refractivity contribution in [3.8, 4) is 11.4 Å². The average molecular weight is 843 g/mol. The molecule has 0 spiro atoms. The third-order valence-electron chi connectivity index (χ3n) is 12.7. The number of amides is 2. The maximum absolute atomic E-state index is 14.1. The number of aryl methyl sites for hydroxylation is 1. The Labute approximate surface area is 353 Å². The number of nitrogens with zero attached hydrogens (tertiary/aromatic N) is 8. The second-order valence-electron chi connectivity index (χ2n) is 17.5. The van der Waals surface area contributed by atoms with Crippen LogP contribution >= 0.6 is 0 Å². The molecule has 60 heavy (non-hydrogen) atoms. The summed E-state index contributed by atoms with van der Waals surface area (Å²) in [5, 5.41) is 27.9. The SMILES string of the molecule is CC[C@H]1OC(=O)[C@H](C)C(=O)C[C@@H](O[C@@H]2O[C@H](C)CC(N(C)C)C2O)[C@@](C)(OC)C[C@@H](C)CN(C(C)=O)[C@H](C)[C@H]2N(CCCCn3cc(-c4cccnn4)nn3)C(=O)O[C@]12C. The molecule has 5 rings (SSSR count). The summed E-state index contributed by atoms with van der Waals surface area (Å²) in [4.78, 5) is 61.0. The summed E-state index contributed by atoms with van der Waals surface area (Å²) < 4.78 is 33.0. The minimum atomic E-state index is -1.39. The van der Waals surface area contributed by atoms with Crippen LogP contribution in [0.5, 0.6) is 0 Å². The van der Waals surface area contributed by atoms with E-state index in [2.05, 4.69) is 20.5 Å². The van der Waals surface area contributed by atoms with Gasteiger partial charge in [-0.1, -0.05) is 19.1 Å². The van der Waals surface area contributed by atoms with Crippen LogP contribution in [0.3, 0.4) is 0 Å². The van der Waals surface area contributed by atoms with Crippen LogP contribution in [-0.4, -0.2) is 163 Å². The number of fused-ring (bicyclic) bond motifs is 1. The molecule has 3 fully saturated rings. The van der Waals surface area contributed by atoms with Crippen molar-refractivity contribution in [1.29, 1.82) is 0 Å². The minimum absolute atomic E-state index is 0.214. The van der Waals surface area contributed by atoms with Gasteiger partial charge in [0.25, 0.3) is 0 Å². The Bertz CT molecular complexity index is 1780. The maximum Gasteiger partial charge on any atom is 0.410 e. The molecule has 3 saturated heterocycles. The number of ether oxygens (including phenoxy) is 5. The van der Waals surface area contributed by atoms with Crippen LogP contribution in [0, 0.1) is 11.8 Å². The van der Waals surface area contributed by atoms with Crippen molar-refractivity contribution >= 4 is 23.8 Å². The Hall–Kier alpha value is -4.10. The smallest absolute Gasteiger partial charge is 0.410 e. The number of aromatic nitrogens is 5. The number of Topliss-reactive ketones (excluding diaryl/α,β-unsaturated/α-hetero) is 1. The third-order valence-corrected chi connectivity index (χ3v) is 12.7. The first-order chi connectivity index (χ1) is 28.3. The van der Waals surface area contributed by atoms with Gasteiger partial charge in [-0.05, 0) is 98.9 Å². The number of hydrogen-bond donors (Lipinski definition) is 1. The van der Waals surface area contributed by atoms with Gasteiger partial charge in [0.2, 0.25) is 5.91 Å². The molecule has 0 radical (unpaired) electrons. The fraction of sp³-hybridized carbons (Fsp3) is 0.762. The number of rotatable bonds is 11. The van der Waals surface area contributed by atoms with Crippen molar-refractivity contribution in [2.45, 2.75) is 160 Å². The fourth-order valence-corrected chi connectivity index (χ4v) is 9.23. The summed E-state index contributed by atoms with van der Waals surface area (Å²) in [6, 6.07) is 1.99. The standard InChI is InChI=1S/C42H66N8O10/c1-12-34-42(8)37(49(40(55)60-42)19-14-13-18-48-24-31(45-46-48)30-16-15-17-43-44-30)28(5)50(29(6)51)23-25(2)22-41(7,56-11)35(21-33(52)27(4)38(54)58-34)59-39-36(53)32(47(9)10)20-26(3)57-39/h15-17,24-28,32,34-37,39,53H,12-14,18-23H2,1-11H3/t25-,26-,27-,28-,32?,34-,35-,36?,37-,39+,41+,42-/m1/s1. The van der Waals surface area contributed by atoms with E-state index in [4.69, 9.17) is 23.7 Å². The molecule has 0 aliphatic carbocycles.